The molecule has 0 radical (unpaired) electrons. The Hall–Kier alpha value is -2.04. The van der Waals surface area contributed by atoms with E-state index in [1.165, 1.54) is 0 Å². The lowest BCUT2D eigenvalue weighted by Gasteiger charge is -2.11. The highest BCUT2D eigenvalue weighted by Gasteiger charge is 2.01. The molecule has 0 bridgehead atoms. The second-order valence-corrected chi connectivity index (χ2v) is 6.02. The topological polar surface area (TPSA) is 33.3 Å². The average Bonchev–Trinajstić information content (AvgIpc) is 2.59. The van der Waals surface area contributed by atoms with Gasteiger partial charge in [-0.3, -0.25) is 0 Å². The van der Waals surface area contributed by atoms with Crippen LogP contribution in [0.15, 0.2) is 61.2 Å². The van der Waals surface area contributed by atoms with Crippen molar-refractivity contribution in [3.63, 3.8) is 0 Å². The van der Waals surface area contributed by atoms with Crippen LogP contribution in [0.3, 0.4) is 0 Å². The highest BCUT2D eigenvalue weighted by Crippen LogP contribution is 2.17. The fourth-order valence-electron chi connectivity index (χ4n) is 2.15. The van der Waals surface area contributed by atoms with Crippen molar-refractivity contribution in [3.05, 3.63) is 71.8 Å². The molecular weight excluding hydrogens is 340 g/mol. The van der Waals surface area contributed by atoms with Gasteiger partial charge in [0.15, 0.2) is 5.11 Å². The zero-order chi connectivity index (χ0) is 17.2. The van der Waals surface area contributed by atoms with Gasteiger partial charge >= 0.3 is 0 Å². The minimum atomic E-state index is 0.498. The Morgan fingerprint density at radius 2 is 1.92 bits per heavy atom. The van der Waals surface area contributed by atoms with E-state index < -0.39 is 0 Å². The number of rotatable bonds is 8. The Balaban J connectivity index is 1.69. The Kier molecular flexibility index (Phi) is 7.59. The maximum absolute atomic E-state index is 6.14. The molecular formula is C19H21ClN2OS. The van der Waals surface area contributed by atoms with Crippen molar-refractivity contribution in [2.24, 2.45) is 0 Å². The van der Waals surface area contributed by atoms with Gasteiger partial charge in [0, 0.05) is 17.3 Å². The summed E-state index contributed by atoms with van der Waals surface area (Å²) < 4.78 is 5.44. The van der Waals surface area contributed by atoms with Crippen LogP contribution in [0.1, 0.15) is 12.0 Å². The van der Waals surface area contributed by atoms with E-state index in [2.05, 4.69) is 23.3 Å². The van der Waals surface area contributed by atoms with Crippen LogP contribution in [-0.4, -0.2) is 18.3 Å². The summed E-state index contributed by atoms with van der Waals surface area (Å²) in [5.74, 6) is 0.805. The number of aryl methyl sites for hydroxylation is 1. The lowest BCUT2D eigenvalue weighted by Crippen LogP contribution is -2.29. The fraction of sp³-hybridized carbons (Fsp3) is 0.211. The summed E-state index contributed by atoms with van der Waals surface area (Å²) in [4.78, 5) is 0. The molecule has 0 heterocycles. The van der Waals surface area contributed by atoms with E-state index in [-0.39, 0.29) is 0 Å². The Morgan fingerprint density at radius 3 is 2.62 bits per heavy atom. The standard InChI is InChI=1S/C19H21ClN2OS/c1-2-14-23-17-11-9-16(10-12-17)22-19(24)21-13-5-7-15-6-3-4-8-18(15)20/h2-4,6,8-12H,1,5,7,13-14H2,(H2,21,22,24). The molecule has 0 spiro atoms. The van der Waals surface area contributed by atoms with E-state index in [0.717, 1.165) is 41.4 Å². The summed E-state index contributed by atoms with van der Waals surface area (Å²) >= 11 is 11.4. The number of benzene rings is 2. The third kappa shape index (κ3) is 6.22. The highest BCUT2D eigenvalue weighted by atomic mass is 35.5. The summed E-state index contributed by atoms with van der Waals surface area (Å²) in [6, 6.07) is 15.6. The van der Waals surface area contributed by atoms with E-state index in [9.17, 15) is 0 Å². The van der Waals surface area contributed by atoms with E-state index >= 15 is 0 Å². The molecule has 2 rings (SSSR count). The van der Waals surface area contributed by atoms with E-state index in [0.29, 0.717) is 11.7 Å². The van der Waals surface area contributed by atoms with Crippen LogP contribution in [0.25, 0.3) is 0 Å². The molecule has 126 valence electrons. The van der Waals surface area contributed by atoms with Crippen LogP contribution < -0.4 is 15.4 Å². The smallest absolute Gasteiger partial charge is 0.170 e. The molecule has 2 N–H and O–H groups in total. The molecule has 0 saturated carbocycles. The quantitative estimate of drug-likeness (QED) is 0.401. The molecule has 5 heteroatoms. The lowest BCUT2D eigenvalue weighted by molar-refractivity contribution is 0.363. The first-order valence-corrected chi connectivity index (χ1v) is 8.59. The number of halogens is 1. The van der Waals surface area contributed by atoms with E-state index in [4.69, 9.17) is 28.6 Å². The molecule has 3 nitrogen and oxygen atoms in total. The van der Waals surface area contributed by atoms with Gasteiger partial charge in [0.2, 0.25) is 0 Å². The molecule has 0 aliphatic heterocycles. The predicted molar refractivity (Wildman–Crippen MR) is 106 cm³/mol. The Labute approximate surface area is 153 Å². The zero-order valence-electron chi connectivity index (χ0n) is 13.4. The van der Waals surface area contributed by atoms with Gasteiger partial charge in [-0.05, 0) is 61.0 Å². The number of nitrogens with one attached hydrogen (secondary N) is 2. The van der Waals surface area contributed by atoms with Crippen molar-refractivity contribution in [3.8, 4) is 5.75 Å². The maximum Gasteiger partial charge on any atom is 0.170 e. The van der Waals surface area contributed by atoms with E-state index in [1.807, 2.05) is 42.5 Å². The first-order valence-electron chi connectivity index (χ1n) is 7.81. The van der Waals surface area contributed by atoms with Crippen molar-refractivity contribution in [2.75, 3.05) is 18.5 Å². The third-order valence-corrected chi connectivity index (χ3v) is 3.96. The van der Waals surface area contributed by atoms with Gasteiger partial charge < -0.3 is 15.4 Å². The summed E-state index contributed by atoms with van der Waals surface area (Å²) in [5, 5.41) is 7.78. The number of hydrogen-bond donors (Lipinski definition) is 2. The minimum Gasteiger partial charge on any atom is -0.490 e. The predicted octanol–water partition coefficient (Wildman–Crippen LogP) is 4.82. The number of ether oxygens (including phenoxy) is 1. The second kappa shape index (κ2) is 9.96. The van der Waals surface area contributed by atoms with Crippen molar-refractivity contribution in [1.82, 2.24) is 5.32 Å². The molecule has 0 aromatic heterocycles. The molecule has 24 heavy (non-hydrogen) atoms. The molecule has 0 saturated heterocycles. The van der Waals surface area contributed by atoms with E-state index in [1.54, 1.807) is 6.08 Å². The number of anilines is 1. The molecule has 0 aliphatic rings. The van der Waals surface area contributed by atoms with Crippen LogP contribution in [0.4, 0.5) is 5.69 Å². The van der Waals surface area contributed by atoms with Gasteiger partial charge in [0.05, 0.1) is 0 Å². The van der Waals surface area contributed by atoms with Crippen molar-refractivity contribution in [1.29, 1.82) is 0 Å². The molecule has 0 fully saturated rings. The summed E-state index contributed by atoms with van der Waals surface area (Å²) in [7, 11) is 0. The van der Waals surface area contributed by atoms with Gasteiger partial charge in [-0.2, -0.15) is 0 Å². The first-order chi connectivity index (χ1) is 11.7. The van der Waals surface area contributed by atoms with Gasteiger partial charge in [0.25, 0.3) is 0 Å². The maximum atomic E-state index is 6.14. The Morgan fingerprint density at radius 1 is 1.17 bits per heavy atom. The monoisotopic (exact) mass is 360 g/mol. The number of thiocarbonyl (C=S) groups is 1. The van der Waals surface area contributed by atoms with Crippen molar-refractivity contribution < 1.29 is 4.74 Å². The van der Waals surface area contributed by atoms with Crippen LogP contribution in [0, 0.1) is 0 Å². The first kappa shape index (κ1) is 18.3. The van der Waals surface area contributed by atoms with Gasteiger partial charge in [-0.1, -0.05) is 42.5 Å². The highest BCUT2D eigenvalue weighted by molar-refractivity contribution is 7.80. The van der Waals surface area contributed by atoms with Crippen molar-refractivity contribution >= 4 is 34.6 Å². The molecule has 0 unspecified atom stereocenters. The molecule has 2 aromatic carbocycles. The van der Waals surface area contributed by atoms with Gasteiger partial charge in [-0.15, -0.1) is 0 Å². The van der Waals surface area contributed by atoms with Gasteiger partial charge in [-0.25, -0.2) is 0 Å². The second-order valence-electron chi connectivity index (χ2n) is 5.20. The SMILES string of the molecule is C=CCOc1ccc(NC(=S)NCCCc2ccccc2Cl)cc1. The average molecular weight is 361 g/mol. The number of hydrogen-bond acceptors (Lipinski definition) is 2. The molecule has 0 amide bonds. The lowest BCUT2D eigenvalue weighted by atomic mass is 10.1. The molecule has 0 aliphatic carbocycles. The third-order valence-electron chi connectivity index (χ3n) is 3.35. The summed E-state index contributed by atoms with van der Waals surface area (Å²) in [6.07, 6.45) is 3.60. The summed E-state index contributed by atoms with van der Waals surface area (Å²) in [5.41, 5.74) is 2.08. The fourth-order valence-corrected chi connectivity index (χ4v) is 2.60. The molecule has 2 aromatic rings. The van der Waals surface area contributed by atoms with Crippen LogP contribution >= 0.6 is 23.8 Å². The minimum absolute atomic E-state index is 0.498. The van der Waals surface area contributed by atoms with Crippen LogP contribution in [0.2, 0.25) is 5.02 Å². The largest absolute Gasteiger partial charge is 0.490 e. The van der Waals surface area contributed by atoms with Gasteiger partial charge in [0.1, 0.15) is 12.4 Å². The summed E-state index contributed by atoms with van der Waals surface area (Å²) in [6.45, 7) is 4.91. The van der Waals surface area contributed by atoms with Crippen LogP contribution in [0.5, 0.6) is 5.75 Å². The normalized spacial score (nSPS) is 10.0. The molecule has 0 atom stereocenters. The van der Waals surface area contributed by atoms with Crippen LogP contribution in [-0.2, 0) is 6.42 Å². The van der Waals surface area contributed by atoms with Crippen molar-refractivity contribution in [2.45, 2.75) is 12.8 Å². The Bertz CT molecular complexity index is 673. The zero-order valence-corrected chi connectivity index (χ0v) is 15.0.